The second-order valence-electron chi connectivity index (χ2n) is 15.5. The number of hydrogen-bond acceptors (Lipinski definition) is 15. The molecule has 73 heavy (non-hydrogen) atoms. The van der Waals surface area contributed by atoms with E-state index >= 15 is 0 Å². The number of nitrogens with one attached hydrogen (secondary N) is 3. The Bertz CT molecular complexity index is 2970. The Kier molecular flexibility index (Phi) is 19.2. The van der Waals surface area contributed by atoms with Gasteiger partial charge in [-0.1, -0.05) is 42.5 Å². The lowest BCUT2D eigenvalue weighted by molar-refractivity contribution is 0.103. The van der Waals surface area contributed by atoms with Crippen molar-refractivity contribution in [3.05, 3.63) is 184 Å². The molecule has 6 rings (SSSR count). The number of hydrogen-bond donors (Lipinski definition) is 3. The molecule has 380 valence electrons. The van der Waals surface area contributed by atoms with Crippen molar-refractivity contribution in [3.63, 3.8) is 0 Å². The summed E-state index contributed by atoms with van der Waals surface area (Å²) >= 11 is 0. The maximum absolute atomic E-state index is 13.8. The largest absolute Gasteiger partial charge is 0.501 e. The fraction of sp³-hybridized carbons (Fsp3) is 0.193. The van der Waals surface area contributed by atoms with Crippen LogP contribution >= 0.6 is 0 Å². The Morgan fingerprint density at radius 2 is 1.22 bits per heavy atom. The Labute approximate surface area is 424 Å². The highest BCUT2D eigenvalue weighted by atomic mass is 19.1. The van der Waals surface area contributed by atoms with E-state index < -0.39 is 5.82 Å². The Morgan fingerprint density at radius 1 is 0.589 bits per heavy atom. The van der Waals surface area contributed by atoms with Crippen LogP contribution < -0.4 is 49.4 Å². The third-order valence-corrected chi connectivity index (χ3v) is 11.2. The molecule has 0 fully saturated rings. The van der Waals surface area contributed by atoms with Gasteiger partial charge < -0.3 is 58.1 Å². The molecule has 3 N–H and O–H groups in total. The van der Waals surface area contributed by atoms with E-state index in [9.17, 15) is 14.0 Å². The molecule has 0 spiro atoms. The van der Waals surface area contributed by atoms with Gasteiger partial charge in [0.1, 0.15) is 17.3 Å². The minimum atomic E-state index is -0.436. The molecule has 0 heterocycles. The summed E-state index contributed by atoms with van der Waals surface area (Å²) in [6.07, 6.45) is 17.7. The van der Waals surface area contributed by atoms with Crippen molar-refractivity contribution in [2.75, 3.05) is 86.6 Å². The van der Waals surface area contributed by atoms with Gasteiger partial charge in [0.05, 0.1) is 87.5 Å². The van der Waals surface area contributed by atoms with Gasteiger partial charge in [0, 0.05) is 41.1 Å². The molecule has 0 saturated heterocycles. The third kappa shape index (κ3) is 13.4. The van der Waals surface area contributed by atoms with Gasteiger partial charge in [-0.3, -0.25) is 9.59 Å². The maximum Gasteiger partial charge on any atom is 0.238 e. The lowest BCUT2D eigenvalue weighted by Gasteiger charge is -2.17. The fourth-order valence-electron chi connectivity index (χ4n) is 7.51. The summed E-state index contributed by atoms with van der Waals surface area (Å²) in [5.41, 5.74) is 8.11. The molecule has 15 nitrogen and oxygen atoms in total. The van der Waals surface area contributed by atoms with Crippen molar-refractivity contribution in [3.8, 4) is 40.2 Å². The number of allylic oxidation sites excluding steroid dienone is 6. The first-order valence-corrected chi connectivity index (χ1v) is 22.6. The average molecular weight is 996 g/mol. The summed E-state index contributed by atoms with van der Waals surface area (Å²) in [6.45, 7) is 0.252. The van der Waals surface area contributed by atoms with Crippen LogP contribution in [0.1, 0.15) is 43.8 Å². The van der Waals surface area contributed by atoms with Gasteiger partial charge in [-0.2, -0.15) is 0 Å². The van der Waals surface area contributed by atoms with Crippen LogP contribution in [0.3, 0.4) is 0 Å². The number of carbonyl (C=O) groups excluding carboxylic acids is 2. The zero-order valence-corrected chi connectivity index (χ0v) is 42.0. The average Bonchev–Trinajstić information content (AvgIpc) is 3.60. The highest BCUT2D eigenvalue weighted by Crippen LogP contribution is 2.42. The molecule has 0 unspecified atom stereocenters. The Balaban J connectivity index is 1.17. The van der Waals surface area contributed by atoms with Crippen molar-refractivity contribution in [1.82, 2.24) is 0 Å². The van der Waals surface area contributed by atoms with Crippen LogP contribution in [0.4, 0.5) is 21.5 Å². The third-order valence-electron chi connectivity index (χ3n) is 11.2. The van der Waals surface area contributed by atoms with Crippen molar-refractivity contribution in [2.45, 2.75) is 6.42 Å². The number of rotatable bonds is 25. The van der Waals surface area contributed by atoms with Gasteiger partial charge in [0.2, 0.25) is 5.75 Å². The first-order valence-electron chi connectivity index (χ1n) is 22.6. The molecule has 16 heteroatoms. The van der Waals surface area contributed by atoms with Crippen molar-refractivity contribution < 1.29 is 61.4 Å². The topological polar surface area (TPSA) is 163 Å². The molecule has 5 aromatic rings. The van der Waals surface area contributed by atoms with Crippen LogP contribution in [0.15, 0.2) is 150 Å². The molecule has 0 saturated carbocycles. The molecule has 0 aliphatic heterocycles. The summed E-state index contributed by atoms with van der Waals surface area (Å²) in [6, 6.07) is 23.0. The monoisotopic (exact) mass is 995 g/mol. The van der Waals surface area contributed by atoms with E-state index in [0.29, 0.717) is 97.5 Å². The summed E-state index contributed by atoms with van der Waals surface area (Å²) < 4.78 is 64.3. The number of ether oxygens (including phenoxy) is 9. The number of anilines is 3. The number of carbonyl (C=O) groups is 2. The Hall–Kier alpha value is -9.05. The van der Waals surface area contributed by atoms with E-state index in [1.807, 2.05) is 54.7 Å². The fourth-order valence-corrected chi connectivity index (χ4v) is 7.51. The van der Waals surface area contributed by atoms with Crippen LogP contribution in [0.25, 0.3) is 18.2 Å². The number of benzene rings is 5. The molecule has 1 aliphatic rings. The van der Waals surface area contributed by atoms with E-state index in [1.165, 1.54) is 71.1 Å². The van der Waals surface area contributed by atoms with Crippen LogP contribution in [0.2, 0.25) is 0 Å². The minimum absolute atomic E-state index is 0.228. The maximum atomic E-state index is 13.8. The predicted octanol–water partition coefficient (Wildman–Crippen LogP) is 11.5. The number of para-hydroxylation sites is 1. The highest BCUT2D eigenvalue weighted by Gasteiger charge is 2.20. The van der Waals surface area contributed by atoms with Gasteiger partial charge in [-0.15, -0.1) is 0 Å². The lowest BCUT2D eigenvalue weighted by atomic mass is 10.1. The number of methoxy groups -OCH3 is 9. The molecule has 0 amide bonds. The SMILES string of the molecule is COC1=CC(/C=C\c2ccc(OC)c(OC)c2NC/C=C\C(=O)c2ccccc2NOc2c(OC)cc(/C=C\c3ccc(OC)c(OC)c3N/C=C\C(=O)c3ccc(F)cc3)cc2OC)=CC(OC)=C(OC)C1. The smallest absolute Gasteiger partial charge is 0.238 e. The molecular weight excluding hydrogens is 938 g/mol. The van der Waals surface area contributed by atoms with Gasteiger partial charge >= 0.3 is 0 Å². The quantitative estimate of drug-likeness (QED) is 0.0219. The standard InChI is InChI=1S/C57H58FN3O12/c1-64-42-31-36(32-49(67-4)50(35-42)68-5)16-18-39-22-26-47(65-2)56(71-8)53(39)59-29-12-15-46(63)43-13-10-11-14-44(43)61-73-55-51(69-6)33-37(34-52(55)70-7)17-19-40-23-27-48(66-3)57(72-9)54(40)60-30-28-45(62)38-20-24-41(58)25-21-38/h10-28,30-34,59-61H,29,35H2,1-9H3/b15-12-,18-16-,19-17-,30-28-. The highest BCUT2D eigenvalue weighted by molar-refractivity contribution is 6.08. The summed E-state index contributed by atoms with van der Waals surface area (Å²) in [7, 11) is 13.9. The zero-order valence-electron chi connectivity index (χ0n) is 42.0. The zero-order chi connectivity index (χ0) is 52.3. The second-order valence-corrected chi connectivity index (χ2v) is 15.5. The molecule has 1 aliphatic carbocycles. The first-order chi connectivity index (χ1) is 35.5. The number of ketones is 2. The predicted molar refractivity (Wildman–Crippen MR) is 282 cm³/mol. The molecule has 0 radical (unpaired) electrons. The molecule has 0 atom stereocenters. The van der Waals surface area contributed by atoms with Gasteiger partial charge in [-0.25, -0.2) is 9.87 Å². The summed E-state index contributed by atoms with van der Waals surface area (Å²) in [5, 5.41) is 6.54. The van der Waals surface area contributed by atoms with E-state index in [4.69, 9.17) is 47.5 Å². The molecular formula is C57H58FN3O12. The normalized spacial score (nSPS) is 12.5. The van der Waals surface area contributed by atoms with Crippen molar-refractivity contribution in [2.24, 2.45) is 0 Å². The van der Waals surface area contributed by atoms with Crippen LogP contribution in [-0.4, -0.2) is 82.1 Å². The lowest BCUT2D eigenvalue weighted by Crippen LogP contribution is -2.11. The molecule has 5 aromatic carbocycles. The second kappa shape index (κ2) is 26.2. The van der Waals surface area contributed by atoms with Gasteiger partial charge in [0.15, 0.2) is 51.8 Å². The molecule has 0 bridgehead atoms. The van der Waals surface area contributed by atoms with E-state index in [0.717, 1.165) is 11.1 Å². The first kappa shape index (κ1) is 53.3. The molecule has 0 aromatic heterocycles. The van der Waals surface area contributed by atoms with E-state index in [1.54, 1.807) is 84.1 Å². The van der Waals surface area contributed by atoms with Crippen LogP contribution in [0, 0.1) is 5.82 Å². The van der Waals surface area contributed by atoms with Crippen LogP contribution in [0.5, 0.6) is 40.2 Å². The van der Waals surface area contributed by atoms with Gasteiger partial charge in [0.25, 0.3) is 0 Å². The summed E-state index contributed by atoms with van der Waals surface area (Å²) in [4.78, 5) is 32.6. The van der Waals surface area contributed by atoms with Crippen molar-refractivity contribution in [1.29, 1.82) is 0 Å². The minimum Gasteiger partial charge on any atom is -0.501 e. The summed E-state index contributed by atoms with van der Waals surface area (Å²) in [5.74, 6) is 3.63. The van der Waals surface area contributed by atoms with E-state index in [2.05, 4.69) is 16.1 Å². The Morgan fingerprint density at radius 3 is 1.84 bits per heavy atom. The number of halogens is 1. The van der Waals surface area contributed by atoms with E-state index in [-0.39, 0.29) is 23.9 Å². The van der Waals surface area contributed by atoms with Crippen LogP contribution in [-0.2, 0) is 14.2 Å². The van der Waals surface area contributed by atoms with Gasteiger partial charge in [-0.05, 0) is 102 Å². The van der Waals surface area contributed by atoms with Crippen molar-refractivity contribution >= 4 is 46.9 Å².